The third-order valence-corrected chi connectivity index (χ3v) is 6.03. The lowest BCUT2D eigenvalue weighted by Gasteiger charge is -2.32. The number of aromatic nitrogens is 3. The molecule has 6 nitrogen and oxygen atoms in total. The van der Waals surface area contributed by atoms with Gasteiger partial charge in [0.1, 0.15) is 5.54 Å². The third kappa shape index (κ3) is 4.20. The summed E-state index contributed by atoms with van der Waals surface area (Å²) in [7, 11) is 0. The number of nitriles is 1. The lowest BCUT2D eigenvalue weighted by Crippen LogP contribution is -2.50. The van der Waals surface area contributed by atoms with Gasteiger partial charge in [-0.1, -0.05) is 42.6 Å². The Bertz CT molecular complexity index is 933. The van der Waals surface area contributed by atoms with Crippen molar-refractivity contribution >= 4 is 34.9 Å². The van der Waals surface area contributed by atoms with E-state index in [1.54, 1.807) is 6.92 Å². The molecule has 2 aromatic rings. The van der Waals surface area contributed by atoms with Crippen LogP contribution in [0.4, 0.5) is 13.2 Å². The zero-order valence-corrected chi connectivity index (χ0v) is 16.5. The van der Waals surface area contributed by atoms with Crippen LogP contribution in [0.1, 0.15) is 44.6 Å². The molecule has 2 aromatic heterocycles. The number of rotatable bonds is 4. The molecule has 1 amide bonds. The molecule has 11 heteroatoms. The molecule has 0 aromatic carbocycles. The van der Waals surface area contributed by atoms with Gasteiger partial charge in [0.15, 0.2) is 10.8 Å². The molecule has 2 heterocycles. The maximum atomic E-state index is 13.1. The summed E-state index contributed by atoms with van der Waals surface area (Å²) in [5.74, 6) is -0.372. The van der Waals surface area contributed by atoms with Gasteiger partial charge < -0.3 is 5.32 Å². The second kappa shape index (κ2) is 7.79. The first-order valence-electron chi connectivity index (χ1n) is 8.67. The normalized spacial score (nSPS) is 17.9. The van der Waals surface area contributed by atoms with Crippen molar-refractivity contribution in [3.05, 3.63) is 22.8 Å². The zero-order chi connectivity index (χ0) is 20.5. The fraction of sp³-hybridized carbons (Fsp3) is 0.529. The molecule has 1 saturated carbocycles. The number of halogens is 4. The molecule has 0 radical (unpaired) electrons. The number of hydrogen-bond donors (Lipinski definition) is 1. The van der Waals surface area contributed by atoms with Crippen LogP contribution in [0.25, 0.3) is 5.65 Å². The number of hydrogen-bond acceptors (Lipinski definition) is 5. The van der Waals surface area contributed by atoms with E-state index in [0.29, 0.717) is 12.8 Å². The van der Waals surface area contributed by atoms with Gasteiger partial charge in [0.2, 0.25) is 5.91 Å². The van der Waals surface area contributed by atoms with E-state index in [2.05, 4.69) is 21.6 Å². The van der Waals surface area contributed by atoms with Crippen molar-refractivity contribution in [3.63, 3.8) is 0 Å². The molecule has 0 aliphatic heterocycles. The number of pyridine rings is 1. The Morgan fingerprint density at radius 2 is 2.07 bits per heavy atom. The van der Waals surface area contributed by atoms with Crippen LogP contribution in [-0.4, -0.2) is 31.3 Å². The number of alkyl halides is 3. The average molecular weight is 432 g/mol. The number of fused-ring (bicyclic) bond motifs is 1. The van der Waals surface area contributed by atoms with Gasteiger partial charge in [0, 0.05) is 6.20 Å². The van der Waals surface area contributed by atoms with E-state index < -0.39 is 22.5 Å². The SMILES string of the molecule is CC(Sc1nnc2c(Cl)cc(C(F)(F)F)cn12)C(=O)NC1(C#N)CCCCC1. The standard InChI is InChI=1S/C17H17ClF3N5OS/c1-10(14(27)23-16(9-22)5-3-2-4-6-16)28-15-25-24-13-12(18)7-11(8-26(13)15)17(19,20)21/h7-8,10H,2-6H2,1H3,(H,23,27). The van der Waals surface area contributed by atoms with Crippen molar-refractivity contribution in [2.75, 3.05) is 0 Å². The molecule has 0 spiro atoms. The van der Waals surface area contributed by atoms with Gasteiger partial charge in [0.25, 0.3) is 0 Å². The van der Waals surface area contributed by atoms with Crippen LogP contribution in [-0.2, 0) is 11.0 Å². The Morgan fingerprint density at radius 3 is 2.68 bits per heavy atom. The second-order valence-corrected chi connectivity index (χ2v) is 8.47. The van der Waals surface area contributed by atoms with E-state index >= 15 is 0 Å². The van der Waals surface area contributed by atoms with Gasteiger partial charge in [-0.05, 0) is 25.8 Å². The first kappa shape index (κ1) is 20.7. The van der Waals surface area contributed by atoms with E-state index in [1.807, 2.05) is 0 Å². The number of amides is 1. The van der Waals surface area contributed by atoms with Gasteiger partial charge in [-0.15, -0.1) is 10.2 Å². The quantitative estimate of drug-likeness (QED) is 0.732. The largest absolute Gasteiger partial charge is 0.417 e. The molecule has 0 bridgehead atoms. The number of thioether (sulfide) groups is 1. The molecule has 28 heavy (non-hydrogen) atoms. The predicted molar refractivity (Wildman–Crippen MR) is 97.9 cm³/mol. The van der Waals surface area contributed by atoms with E-state index in [0.717, 1.165) is 47.7 Å². The molecule has 150 valence electrons. The van der Waals surface area contributed by atoms with Gasteiger partial charge in [0.05, 0.1) is 21.9 Å². The lowest BCUT2D eigenvalue weighted by atomic mass is 9.83. The van der Waals surface area contributed by atoms with Crippen LogP contribution in [0, 0.1) is 11.3 Å². The highest BCUT2D eigenvalue weighted by Crippen LogP contribution is 2.34. The first-order chi connectivity index (χ1) is 13.1. The molecule has 0 saturated heterocycles. The summed E-state index contributed by atoms with van der Waals surface area (Å²) < 4.78 is 40.3. The maximum Gasteiger partial charge on any atom is 0.417 e. The summed E-state index contributed by atoms with van der Waals surface area (Å²) in [5.41, 5.74) is -1.75. The Labute approximate surface area is 168 Å². The molecule has 1 aliphatic carbocycles. The highest BCUT2D eigenvalue weighted by atomic mass is 35.5. The highest BCUT2D eigenvalue weighted by molar-refractivity contribution is 8.00. The number of nitrogens with zero attached hydrogens (tertiary/aromatic N) is 4. The minimum Gasteiger partial charge on any atom is -0.337 e. The van der Waals surface area contributed by atoms with Gasteiger partial charge >= 0.3 is 6.18 Å². The third-order valence-electron chi connectivity index (χ3n) is 4.69. The number of carbonyl (C=O) groups is 1. The van der Waals surface area contributed by atoms with Crippen molar-refractivity contribution in [1.82, 2.24) is 19.9 Å². The van der Waals surface area contributed by atoms with Gasteiger partial charge in [-0.25, -0.2) is 0 Å². The monoisotopic (exact) mass is 431 g/mol. The fourth-order valence-electron chi connectivity index (χ4n) is 3.14. The van der Waals surface area contributed by atoms with E-state index in [-0.39, 0.29) is 21.7 Å². The van der Waals surface area contributed by atoms with Crippen LogP contribution < -0.4 is 5.32 Å². The Morgan fingerprint density at radius 1 is 1.39 bits per heavy atom. The molecule has 1 aliphatic rings. The van der Waals surface area contributed by atoms with Crippen LogP contribution in [0.2, 0.25) is 5.02 Å². The topological polar surface area (TPSA) is 83.1 Å². The van der Waals surface area contributed by atoms with Crippen molar-refractivity contribution in [2.45, 2.75) is 61.1 Å². The highest BCUT2D eigenvalue weighted by Gasteiger charge is 2.36. The lowest BCUT2D eigenvalue weighted by molar-refractivity contribution is -0.137. The Balaban J connectivity index is 1.81. The minimum absolute atomic E-state index is 0.0746. The summed E-state index contributed by atoms with van der Waals surface area (Å²) in [4.78, 5) is 12.6. The summed E-state index contributed by atoms with van der Waals surface area (Å²) in [6, 6.07) is 2.99. The summed E-state index contributed by atoms with van der Waals surface area (Å²) in [6.07, 6.45) is 0.207. The molecule has 1 unspecified atom stereocenters. The molecular weight excluding hydrogens is 415 g/mol. The second-order valence-electron chi connectivity index (χ2n) is 6.75. The Hall–Kier alpha value is -1.99. The van der Waals surface area contributed by atoms with E-state index in [4.69, 9.17) is 11.6 Å². The molecule has 1 atom stereocenters. The van der Waals surface area contributed by atoms with Crippen molar-refractivity contribution < 1.29 is 18.0 Å². The summed E-state index contributed by atoms with van der Waals surface area (Å²) in [5, 5.41) is 19.2. The van der Waals surface area contributed by atoms with E-state index in [1.165, 1.54) is 0 Å². The van der Waals surface area contributed by atoms with Gasteiger partial charge in [-0.2, -0.15) is 18.4 Å². The van der Waals surface area contributed by atoms with E-state index in [9.17, 15) is 23.2 Å². The number of carbonyl (C=O) groups excluding carboxylic acids is 1. The summed E-state index contributed by atoms with van der Waals surface area (Å²) in [6.45, 7) is 1.60. The molecular formula is C17H17ClF3N5OS. The van der Waals surface area contributed by atoms with Crippen LogP contribution in [0.15, 0.2) is 17.4 Å². The summed E-state index contributed by atoms with van der Waals surface area (Å²) >= 11 is 6.85. The van der Waals surface area contributed by atoms with Crippen LogP contribution in [0.5, 0.6) is 0 Å². The molecule has 3 rings (SSSR count). The van der Waals surface area contributed by atoms with Gasteiger partial charge in [-0.3, -0.25) is 9.20 Å². The predicted octanol–water partition coefficient (Wildman–Crippen LogP) is 4.22. The molecule has 1 N–H and O–H groups in total. The minimum atomic E-state index is -4.58. The zero-order valence-electron chi connectivity index (χ0n) is 14.9. The smallest absolute Gasteiger partial charge is 0.337 e. The van der Waals surface area contributed by atoms with Crippen molar-refractivity contribution in [2.24, 2.45) is 0 Å². The molecule has 1 fully saturated rings. The van der Waals surface area contributed by atoms with Crippen LogP contribution >= 0.6 is 23.4 Å². The van der Waals surface area contributed by atoms with Crippen LogP contribution in [0.3, 0.4) is 0 Å². The Kier molecular flexibility index (Phi) is 5.77. The van der Waals surface area contributed by atoms with Crippen molar-refractivity contribution in [1.29, 1.82) is 5.26 Å². The fourth-order valence-corrected chi connectivity index (χ4v) is 4.21. The maximum absolute atomic E-state index is 13.1. The first-order valence-corrected chi connectivity index (χ1v) is 9.92. The number of nitrogens with one attached hydrogen (secondary N) is 1. The van der Waals surface area contributed by atoms with Crippen molar-refractivity contribution in [3.8, 4) is 6.07 Å². The average Bonchev–Trinajstić information content (AvgIpc) is 3.05.